The van der Waals surface area contributed by atoms with Gasteiger partial charge in [-0.25, -0.2) is 0 Å². The van der Waals surface area contributed by atoms with Gasteiger partial charge in [-0.3, -0.25) is 9.59 Å². The molecule has 0 radical (unpaired) electrons. The highest BCUT2D eigenvalue weighted by atomic mass is 16.6. The molecule has 5 heteroatoms. The topological polar surface area (TPSA) is 72.8 Å². The van der Waals surface area contributed by atoms with Crippen LogP contribution in [-0.4, -0.2) is 36.4 Å². The highest BCUT2D eigenvalue weighted by molar-refractivity contribution is 5.70. The second kappa shape index (κ2) is 61.7. The molecule has 0 saturated heterocycles. The van der Waals surface area contributed by atoms with E-state index in [9.17, 15) is 14.7 Å². The molecule has 1 N–H and O–H groups in total. The fraction of sp³-hybridized carbons (Fsp3) is 0.908. The van der Waals surface area contributed by atoms with Crippen LogP contribution in [0.3, 0.4) is 0 Å². The Morgan fingerprint density at radius 2 is 0.571 bits per heavy atom. The minimum atomic E-state index is -0.776. The van der Waals surface area contributed by atoms with Gasteiger partial charge in [0.25, 0.3) is 0 Å². The van der Waals surface area contributed by atoms with Gasteiger partial charge in [-0.15, -0.1) is 0 Å². The number of ether oxygens (including phenoxy) is 2. The molecular formula is C65H124O5. The van der Waals surface area contributed by atoms with E-state index in [0.29, 0.717) is 12.8 Å². The summed E-state index contributed by atoms with van der Waals surface area (Å²) in [5, 5.41) is 9.64. The van der Waals surface area contributed by atoms with Crippen molar-refractivity contribution in [1.29, 1.82) is 0 Å². The van der Waals surface area contributed by atoms with Crippen LogP contribution in [0.4, 0.5) is 0 Å². The van der Waals surface area contributed by atoms with E-state index in [-0.39, 0.29) is 25.2 Å². The Morgan fingerprint density at radius 3 is 0.857 bits per heavy atom. The smallest absolute Gasteiger partial charge is 0.306 e. The van der Waals surface area contributed by atoms with Crippen molar-refractivity contribution in [2.75, 3.05) is 13.2 Å². The molecule has 0 aromatic heterocycles. The average Bonchev–Trinajstić information content (AvgIpc) is 3.36. The molecule has 1 atom stereocenters. The Morgan fingerprint density at radius 1 is 0.329 bits per heavy atom. The molecule has 0 heterocycles. The molecule has 0 aromatic carbocycles. The van der Waals surface area contributed by atoms with Gasteiger partial charge in [0, 0.05) is 12.8 Å². The number of hydrogen-bond donors (Lipinski definition) is 1. The largest absolute Gasteiger partial charge is 0.462 e. The van der Waals surface area contributed by atoms with Crippen molar-refractivity contribution < 1.29 is 24.2 Å². The molecule has 0 fully saturated rings. The van der Waals surface area contributed by atoms with Gasteiger partial charge in [0.2, 0.25) is 0 Å². The second-order valence-electron chi connectivity index (χ2n) is 21.9. The van der Waals surface area contributed by atoms with E-state index in [1.165, 1.54) is 283 Å². The van der Waals surface area contributed by atoms with Crippen LogP contribution in [0.5, 0.6) is 0 Å². The lowest BCUT2D eigenvalue weighted by molar-refractivity contribution is -0.161. The van der Waals surface area contributed by atoms with Crippen molar-refractivity contribution in [3.63, 3.8) is 0 Å². The summed E-state index contributed by atoms with van der Waals surface area (Å²) in [6.07, 6.45) is 79.3. The summed E-state index contributed by atoms with van der Waals surface area (Å²) in [6, 6.07) is 0. The number of unbranched alkanes of at least 4 members (excludes halogenated alkanes) is 48. The molecule has 0 spiro atoms. The van der Waals surface area contributed by atoms with E-state index in [1.54, 1.807) is 0 Å². The molecule has 0 bridgehead atoms. The van der Waals surface area contributed by atoms with Gasteiger partial charge in [0.1, 0.15) is 6.61 Å². The number of aliphatic hydroxyl groups is 1. The van der Waals surface area contributed by atoms with Crippen LogP contribution in [0.2, 0.25) is 0 Å². The van der Waals surface area contributed by atoms with Crippen LogP contribution in [0.25, 0.3) is 0 Å². The predicted molar refractivity (Wildman–Crippen MR) is 307 cm³/mol. The third-order valence-electron chi connectivity index (χ3n) is 14.7. The maximum Gasteiger partial charge on any atom is 0.306 e. The minimum absolute atomic E-state index is 0.0664. The Labute approximate surface area is 438 Å². The molecule has 5 nitrogen and oxygen atoms in total. The molecule has 70 heavy (non-hydrogen) atoms. The minimum Gasteiger partial charge on any atom is -0.462 e. The number of allylic oxidation sites excluding steroid dienone is 4. The number of rotatable bonds is 60. The molecule has 1 unspecified atom stereocenters. The summed E-state index contributed by atoms with van der Waals surface area (Å²) in [6.45, 7) is 4.16. The van der Waals surface area contributed by atoms with Crippen LogP contribution in [0.1, 0.15) is 361 Å². The first-order valence-electron chi connectivity index (χ1n) is 31.9. The lowest BCUT2D eigenvalue weighted by Gasteiger charge is -2.15. The summed E-state index contributed by atoms with van der Waals surface area (Å²) in [4.78, 5) is 24.5. The lowest BCUT2D eigenvalue weighted by Crippen LogP contribution is -2.28. The Bertz CT molecular complexity index is 1070. The van der Waals surface area contributed by atoms with Crippen molar-refractivity contribution in [3.05, 3.63) is 24.3 Å². The summed E-state index contributed by atoms with van der Waals surface area (Å²) in [5.74, 6) is -0.589. The molecule has 0 aliphatic carbocycles. The van der Waals surface area contributed by atoms with Crippen LogP contribution in [0.15, 0.2) is 24.3 Å². The van der Waals surface area contributed by atoms with E-state index in [1.807, 2.05) is 0 Å². The van der Waals surface area contributed by atoms with Gasteiger partial charge < -0.3 is 14.6 Å². The van der Waals surface area contributed by atoms with Gasteiger partial charge in [-0.1, -0.05) is 327 Å². The van der Waals surface area contributed by atoms with Gasteiger partial charge >= 0.3 is 11.9 Å². The molecular weight excluding hydrogens is 861 g/mol. The molecule has 0 aromatic rings. The maximum absolute atomic E-state index is 12.3. The van der Waals surface area contributed by atoms with Gasteiger partial charge in [-0.05, 0) is 44.9 Å². The van der Waals surface area contributed by atoms with E-state index in [0.717, 1.165) is 51.4 Å². The third kappa shape index (κ3) is 58.9. The zero-order valence-electron chi connectivity index (χ0n) is 47.6. The van der Waals surface area contributed by atoms with Gasteiger partial charge in [0.05, 0.1) is 6.61 Å². The number of aliphatic hydroxyl groups excluding tert-OH is 1. The number of esters is 2. The van der Waals surface area contributed by atoms with Crippen molar-refractivity contribution in [1.82, 2.24) is 0 Å². The SMILES string of the molecule is CCCCCC/C=C\C/C=C\CCCCCCCC(=O)OC(CO)COC(=O)CCCCCCCCCCCCCCCCCCCCCCCCCCCCCCCCCCCCCCCCCC. The van der Waals surface area contributed by atoms with E-state index in [2.05, 4.69) is 38.2 Å². The summed E-state index contributed by atoms with van der Waals surface area (Å²) in [5.41, 5.74) is 0. The molecule has 0 amide bonds. The highest BCUT2D eigenvalue weighted by Gasteiger charge is 2.16. The highest BCUT2D eigenvalue weighted by Crippen LogP contribution is 2.19. The van der Waals surface area contributed by atoms with Gasteiger partial charge in [-0.2, -0.15) is 0 Å². The number of hydrogen-bond acceptors (Lipinski definition) is 5. The van der Waals surface area contributed by atoms with Crippen LogP contribution in [0, 0.1) is 0 Å². The fourth-order valence-corrected chi connectivity index (χ4v) is 9.94. The molecule has 0 rings (SSSR count). The summed E-state index contributed by atoms with van der Waals surface area (Å²) in [7, 11) is 0. The first-order chi connectivity index (χ1) is 34.6. The van der Waals surface area contributed by atoms with Gasteiger partial charge in [0.15, 0.2) is 6.10 Å². The van der Waals surface area contributed by atoms with Crippen LogP contribution in [-0.2, 0) is 19.1 Å². The first kappa shape index (κ1) is 68.4. The summed E-state index contributed by atoms with van der Waals surface area (Å²) < 4.78 is 10.7. The van der Waals surface area contributed by atoms with E-state index < -0.39 is 6.10 Å². The number of carbonyl (C=O) groups is 2. The maximum atomic E-state index is 12.3. The monoisotopic (exact) mass is 985 g/mol. The predicted octanol–water partition coefficient (Wildman–Crippen LogP) is 21.7. The quantitative estimate of drug-likeness (QED) is 0.0373. The van der Waals surface area contributed by atoms with Crippen molar-refractivity contribution >= 4 is 11.9 Å². The Kier molecular flexibility index (Phi) is 60.3. The standard InChI is InChI=1S/C65H124O5/c1-3-5-7-9-11-13-15-17-19-21-22-23-24-25-26-27-28-29-30-31-32-33-34-35-36-37-38-39-40-41-42-43-44-46-47-49-51-53-55-57-59-64(67)69-62-63(61-66)70-65(68)60-58-56-54-52-50-48-45-20-18-16-14-12-10-8-6-4-2/h14,16,20,45,63,66H,3-13,15,17-19,21-44,46-62H2,1-2H3/b16-14-,45-20-. The van der Waals surface area contributed by atoms with E-state index in [4.69, 9.17) is 9.47 Å². The summed E-state index contributed by atoms with van der Waals surface area (Å²) >= 11 is 0. The van der Waals surface area contributed by atoms with Crippen molar-refractivity contribution in [2.24, 2.45) is 0 Å². The molecule has 0 saturated carbocycles. The molecule has 414 valence electrons. The van der Waals surface area contributed by atoms with E-state index >= 15 is 0 Å². The Balaban J connectivity index is 3.34. The molecule has 0 aliphatic heterocycles. The fourth-order valence-electron chi connectivity index (χ4n) is 9.94. The van der Waals surface area contributed by atoms with Crippen molar-refractivity contribution in [2.45, 2.75) is 367 Å². The molecule has 0 aliphatic rings. The normalized spacial score (nSPS) is 12.2. The Hall–Kier alpha value is -1.62. The van der Waals surface area contributed by atoms with Crippen LogP contribution < -0.4 is 0 Å². The third-order valence-corrected chi connectivity index (χ3v) is 14.7. The van der Waals surface area contributed by atoms with Crippen LogP contribution >= 0.6 is 0 Å². The second-order valence-corrected chi connectivity index (χ2v) is 21.9. The van der Waals surface area contributed by atoms with Crippen molar-refractivity contribution in [3.8, 4) is 0 Å². The zero-order chi connectivity index (χ0) is 50.6. The first-order valence-corrected chi connectivity index (χ1v) is 31.9. The lowest BCUT2D eigenvalue weighted by atomic mass is 10.0. The number of carbonyl (C=O) groups excluding carboxylic acids is 2. The zero-order valence-corrected chi connectivity index (χ0v) is 47.6. The average molecular weight is 986 g/mol.